The summed E-state index contributed by atoms with van der Waals surface area (Å²) in [6.07, 6.45) is 3.06. The number of likely N-dealkylation sites (N-methyl/N-ethyl adjacent to an activating group) is 1. The van der Waals surface area contributed by atoms with Gasteiger partial charge in [0.15, 0.2) is 5.82 Å². The topological polar surface area (TPSA) is 62.8 Å². The van der Waals surface area contributed by atoms with Crippen LogP contribution in [0.25, 0.3) is 22.0 Å². The molecule has 1 N–H and O–H groups in total. The Labute approximate surface area is 242 Å². The predicted molar refractivity (Wildman–Crippen MR) is 155 cm³/mol. The molecule has 1 aromatic heterocycles. The fraction of sp³-hybridized carbons (Fsp3) is 0.355. The molecule has 2 saturated heterocycles. The van der Waals surface area contributed by atoms with Crippen LogP contribution in [0.1, 0.15) is 24.0 Å². The normalized spacial score (nSPS) is 20.4. The first-order valence-electron chi connectivity index (χ1n) is 13.9. The minimum Gasteiger partial charge on any atom is -0.496 e. The molecule has 3 aromatic carbocycles. The molecule has 41 heavy (non-hydrogen) atoms. The van der Waals surface area contributed by atoms with E-state index in [2.05, 4.69) is 33.2 Å². The van der Waals surface area contributed by atoms with E-state index in [0.29, 0.717) is 29.0 Å². The van der Waals surface area contributed by atoms with Gasteiger partial charge in [-0.1, -0.05) is 29.8 Å². The van der Waals surface area contributed by atoms with Crippen molar-refractivity contribution in [2.75, 3.05) is 38.7 Å². The van der Waals surface area contributed by atoms with E-state index in [1.165, 1.54) is 24.8 Å². The lowest BCUT2D eigenvalue weighted by Gasteiger charge is -2.34. The van der Waals surface area contributed by atoms with Crippen molar-refractivity contribution in [3.8, 4) is 28.6 Å². The van der Waals surface area contributed by atoms with Crippen molar-refractivity contribution in [1.29, 1.82) is 0 Å². The van der Waals surface area contributed by atoms with Crippen LogP contribution in [0, 0.1) is 11.6 Å². The Kier molecular flexibility index (Phi) is 6.68. The zero-order chi connectivity index (χ0) is 28.2. The summed E-state index contributed by atoms with van der Waals surface area (Å²) < 4.78 is 43.4. The first-order valence-corrected chi connectivity index (χ1v) is 14.3. The average Bonchev–Trinajstić information content (AvgIpc) is 3.31. The van der Waals surface area contributed by atoms with E-state index in [0.717, 1.165) is 51.0 Å². The standard InChI is InChI=1S/C31H30ClF2N5O2/c1-38-12-11-17-5-3-7-24(21(17)16-38)41-31-36-29-20(30(37-31)39-14-18-9-10-19(15-39)35-18)13-22(32)26(28(29)34)27-23(33)6-4-8-25(27)40-2/h3-8,13,18-19,35H,9-12,14-16H2,1-2H3. The quantitative estimate of drug-likeness (QED) is 0.314. The maximum Gasteiger partial charge on any atom is 0.324 e. The van der Waals surface area contributed by atoms with Crippen LogP contribution < -0.4 is 19.7 Å². The number of hydrogen-bond acceptors (Lipinski definition) is 7. The van der Waals surface area contributed by atoms with Crippen LogP contribution in [-0.4, -0.2) is 60.7 Å². The smallest absolute Gasteiger partial charge is 0.324 e. The van der Waals surface area contributed by atoms with Gasteiger partial charge < -0.3 is 24.6 Å². The summed E-state index contributed by atoms with van der Waals surface area (Å²) in [6, 6.07) is 12.6. The Hall–Kier alpha value is -3.53. The fourth-order valence-corrected chi connectivity index (χ4v) is 6.73. The van der Waals surface area contributed by atoms with Crippen molar-refractivity contribution < 1.29 is 18.3 Å². The number of anilines is 1. The monoisotopic (exact) mass is 577 g/mol. The maximum atomic E-state index is 16.6. The molecule has 3 aliphatic heterocycles. The van der Waals surface area contributed by atoms with E-state index in [4.69, 9.17) is 26.1 Å². The molecule has 4 heterocycles. The molecule has 7 rings (SSSR count). The summed E-state index contributed by atoms with van der Waals surface area (Å²) in [5.74, 6) is -0.0239. The predicted octanol–water partition coefficient (Wildman–Crippen LogP) is 5.96. The first kappa shape index (κ1) is 26.4. The van der Waals surface area contributed by atoms with Crippen molar-refractivity contribution in [1.82, 2.24) is 20.2 Å². The molecule has 2 bridgehead atoms. The number of nitrogens with one attached hydrogen (secondary N) is 1. The Bertz CT molecular complexity index is 1660. The number of aromatic nitrogens is 2. The van der Waals surface area contributed by atoms with Crippen LogP contribution >= 0.6 is 11.6 Å². The molecule has 10 heteroatoms. The van der Waals surface area contributed by atoms with Crippen molar-refractivity contribution in [3.05, 3.63) is 70.2 Å². The van der Waals surface area contributed by atoms with Gasteiger partial charge in [-0.15, -0.1) is 0 Å². The highest BCUT2D eigenvalue weighted by Crippen LogP contribution is 2.44. The van der Waals surface area contributed by atoms with Crippen molar-refractivity contribution >= 4 is 28.3 Å². The van der Waals surface area contributed by atoms with Crippen LogP contribution in [0.5, 0.6) is 17.5 Å². The molecule has 0 saturated carbocycles. The van der Waals surface area contributed by atoms with Crippen molar-refractivity contribution in [3.63, 3.8) is 0 Å². The lowest BCUT2D eigenvalue weighted by molar-refractivity contribution is 0.304. The third-order valence-corrected chi connectivity index (χ3v) is 8.72. The number of methoxy groups -OCH3 is 1. The molecule has 2 atom stereocenters. The van der Waals surface area contributed by atoms with Gasteiger partial charge in [0, 0.05) is 54.8 Å². The summed E-state index contributed by atoms with van der Waals surface area (Å²) in [6.45, 7) is 3.13. The third-order valence-electron chi connectivity index (χ3n) is 8.43. The summed E-state index contributed by atoms with van der Waals surface area (Å²) in [5, 5.41) is 4.13. The maximum absolute atomic E-state index is 16.6. The molecule has 7 nitrogen and oxygen atoms in total. The van der Waals surface area contributed by atoms with E-state index >= 15 is 8.78 Å². The SMILES string of the molecule is COc1cccc(F)c1-c1c(Cl)cc2c(N3CC4CCC(C3)N4)nc(Oc3cccc4c3CN(C)CC4)nc2c1F. The molecule has 212 valence electrons. The first-order chi connectivity index (χ1) is 19.9. The number of piperazine rings is 1. The Morgan fingerprint density at radius 3 is 2.54 bits per heavy atom. The van der Waals surface area contributed by atoms with Crippen LogP contribution in [0.4, 0.5) is 14.6 Å². The van der Waals surface area contributed by atoms with E-state index in [1.54, 1.807) is 12.1 Å². The summed E-state index contributed by atoms with van der Waals surface area (Å²) in [4.78, 5) is 13.8. The van der Waals surface area contributed by atoms with E-state index in [1.807, 2.05) is 12.1 Å². The number of ether oxygens (including phenoxy) is 2. The van der Waals surface area contributed by atoms with E-state index in [9.17, 15) is 0 Å². The highest BCUT2D eigenvalue weighted by atomic mass is 35.5. The highest BCUT2D eigenvalue weighted by molar-refractivity contribution is 6.34. The second-order valence-corrected chi connectivity index (χ2v) is 11.5. The highest BCUT2D eigenvalue weighted by Gasteiger charge is 2.35. The Balaban J connectivity index is 1.42. The second kappa shape index (κ2) is 10.4. The molecule has 2 fully saturated rings. The molecule has 4 aromatic rings. The molecular weight excluding hydrogens is 548 g/mol. The minimum atomic E-state index is -0.752. The van der Waals surface area contributed by atoms with Crippen LogP contribution in [0.2, 0.25) is 5.02 Å². The molecule has 0 amide bonds. The van der Waals surface area contributed by atoms with Crippen LogP contribution in [0.15, 0.2) is 42.5 Å². The fourth-order valence-electron chi connectivity index (χ4n) is 6.44. The van der Waals surface area contributed by atoms with Gasteiger partial charge >= 0.3 is 6.01 Å². The Morgan fingerprint density at radius 1 is 1.00 bits per heavy atom. The van der Waals surface area contributed by atoms with Gasteiger partial charge in [-0.05, 0) is 56.1 Å². The van der Waals surface area contributed by atoms with Gasteiger partial charge in [0.2, 0.25) is 0 Å². The summed E-state index contributed by atoms with van der Waals surface area (Å²) in [7, 11) is 3.48. The van der Waals surface area contributed by atoms with E-state index < -0.39 is 11.6 Å². The van der Waals surface area contributed by atoms with Gasteiger partial charge in [0.1, 0.15) is 28.7 Å². The van der Waals surface area contributed by atoms with Crippen LogP contribution in [0.3, 0.4) is 0 Å². The summed E-state index contributed by atoms with van der Waals surface area (Å²) >= 11 is 6.70. The second-order valence-electron chi connectivity index (χ2n) is 11.1. The van der Waals surface area contributed by atoms with Gasteiger partial charge in [0.25, 0.3) is 0 Å². The van der Waals surface area contributed by atoms with Gasteiger partial charge in [-0.3, -0.25) is 0 Å². The lowest BCUT2D eigenvalue weighted by atomic mass is 9.99. The van der Waals surface area contributed by atoms with Crippen molar-refractivity contribution in [2.24, 2.45) is 0 Å². The van der Waals surface area contributed by atoms with Crippen LogP contribution in [-0.2, 0) is 13.0 Å². The van der Waals surface area contributed by atoms with Gasteiger partial charge in [-0.2, -0.15) is 9.97 Å². The van der Waals surface area contributed by atoms with Gasteiger partial charge in [-0.25, -0.2) is 8.78 Å². The number of hydrogen-bond donors (Lipinski definition) is 1. The third kappa shape index (κ3) is 4.66. The zero-order valence-corrected chi connectivity index (χ0v) is 23.6. The average molecular weight is 578 g/mol. The summed E-state index contributed by atoms with van der Waals surface area (Å²) in [5.41, 5.74) is 2.14. The largest absolute Gasteiger partial charge is 0.496 e. The van der Waals surface area contributed by atoms with Crippen molar-refractivity contribution in [2.45, 2.75) is 37.9 Å². The number of halogens is 3. The molecule has 0 spiro atoms. The number of fused-ring (bicyclic) bond motifs is 4. The van der Waals surface area contributed by atoms with E-state index in [-0.39, 0.29) is 33.4 Å². The number of benzene rings is 3. The van der Waals surface area contributed by atoms with Gasteiger partial charge in [0.05, 0.1) is 17.7 Å². The number of nitrogens with zero attached hydrogens (tertiary/aromatic N) is 4. The molecule has 3 aliphatic rings. The Morgan fingerprint density at radius 2 is 1.76 bits per heavy atom. The minimum absolute atomic E-state index is 0.0162. The molecule has 0 radical (unpaired) electrons. The number of rotatable bonds is 5. The molecule has 2 unspecified atom stereocenters. The molecular formula is C31H30ClF2N5O2. The lowest BCUT2D eigenvalue weighted by Crippen LogP contribution is -2.51. The zero-order valence-electron chi connectivity index (χ0n) is 22.9. The molecule has 0 aliphatic carbocycles.